The Hall–Kier alpha value is -4.79. The van der Waals surface area contributed by atoms with E-state index in [4.69, 9.17) is 9.52 Å². The van der Waals surface area contributed by atoms with Crippen LogP contribution < -0.4 is 4.90 Å². The summed E-state index contributed by atoms with van der Waals surface area (Å²) in [7, 11) is 1.23. The number of oxazole rings is 1. The van der Waals surface area contributed by atoms with Crippen molar-refractivity contribution in [2.24, 2.45) is 0 Å². The number of carboxylic acid groups (broad SMARTS) is 1. The number of anilines is 1. The topological polar surface area (TPSA) is 127 Å². The Morgan fingerprint density at radius 2 is 1.70 bits per heavy atom. The Labute approximate surface area is 185 Å². The monoisotopic (exact) mass is 442 g/mol. The van der Waals surface area contributed by atoms with Crippen LogP contribution in [0.4, 0.5) is 5.69 Å². The van der Waals surface area contributed by atoms with E-state index in [0.29, 0.717) is 22.4 Å². The van der Waals surface area contributed by atoms with Gasteiger partial charge in [-0.25, -0.2) is 19.5 Å². The lowest BCUT2D eigenvalue weighted by atomic mass is 10.1. The van der Waals surface area contributed by atoms with E-state index in [0.717, 1.165) is 4.90 Å². The Bertz CT molecular complexity index is 1500. The quantitative estimate of drug-likeness (QED) is 0.374. The van der Waals surface area contributed by atoms with Gasteiger partial charge in [0, 0.05) is 5.56 Å². The van der Waals surface area contributed by atoms with E-state index in [1.54, 1.807) is 30.3 Å². The Kier molecular flexibility index (Phi) is 4.52. The zero-order chi connectivity index (χ0) is 23.3. The highest BCUT2D eigenvalue weighted by molar-refractivity contribution is 6.34. The van der Waals surface area contributed by atoms with Crippen molar-refractivity contribution >= 4 is 40.5 Å². The highest BCUT2D eigenvalue weighted by Gasteiger charge is 2.37. The second-order valence-electron chi connectivity index (χ2n) is 7.25. The van der Waals surface area contributed by atoms with Crippen molar-refractivity contribution in [2.45, 2.75) is 0 Å². The van der Waals surface area contributed by atoms with Crippen LogP contribution in [0.3, 0.4) is 0 Å². The standard InChI is InChI=1S/C24H14N2O7/c1-32-24(31)14-5-7-16-17(10-14)22(28)26(21(16)27)15-4-2-3-12(9-15)20-25-18-8-6-13(23(29)30)11-19(18)33-20/h2-11H,1H3,(H,29,30). The van der Waals surface area contributed by atoms with Crippen molar-refractivity contribution in [1.82, 2.24) is 4.98 Å². The van der Waals surface area contributed by atoms with Crippen molar-refractivity contribution in [2.75, 3.05) is 12.0 Å². The number of amides is 2. The second-order valence-corrected chi connectivity index (χ2v) is 7.25. The van der Waals surface area contributed by atoms with Gasteiger partial charge in [0.05, 0.1) is 35.1 Å². The van der Waals surface area contributed by atoms with Crippen molar-refractivity contribution in [1.29, 1.82) is 0 Å². The van der Waals surface area contributed by atoms with Crippen LogP contribution in [0.2, 0.25) is 0 Å². The third-order valence-electron chi connectivity index (χ3n) is 5.29. The van der Waals surface area contributed by atoms with Crippen molar-refractivity contribution in [3.8, 4) is 11.5 Å². The number of esters is 1. The molecule has 33 heavy (non-hydrogen) atoms. The first-order valence-electron chi connectivity index (χ1n) is 9.73. The molecule has 0 fully saturated rings. The molecule has 1 aromatic heterocycles. The first-order valence-corrected chi connectivity index (χ1v) is 9.73. The number of hydrogen-bond acceptors (Lipinski definition) is 7. The van der Waals surface area contributed by atoms with Crippen LogP contribution >= 0.6 is 0 Å². The van der Waals surface area contributed by atoms with Crippen molar-refractivity contribution in [3.63, 3.8) is 0 Å². The molecular formula is C24H14N2O7. The van der Waals surface area contributed by atoms with Gasteiger partial charge in [0.1, 0.15) is 5.52 Å². The van der Waals surface area contributed by atoms with E-state index in [2.05, 4.69) is 9.72 Å². The highest BCUT2D eigenvalue weighted by Crippen LogP contribution is 2.33. The van der Waals surface area contributed by atoms with Crippen LogP contribution in [-0.4, -0.2) is 41.0 Å². The predicted molar refractivity (Wildman–Crippen MR) is 115 cm³/mol. The van der Waals surface area contributed by atoms with Crippen molar-refractivity contribution < 1.29 is 33.4 Å². The van der Waals surface area contributed by atoms with E-state index < -0.39 is 23.8 Å². The molecular weight excluding hydrogens is 428 g/mol. The molecule has 2 heterocycles. The number of benzene rings is 3. The van der Waals surface area contributed by atoms with Gasteiger partial charge in [-0.2, -0.15) is 0 Å². The number of imide groups is 1. The fourth-order valence-corrected chi connectivity index (χ4v) is 3.68. The average Bonchev–Trinajstić information content (AvgIpc) is 3.36. The number of aromatic carboxylic acids is 1. The van der Waals surface area contributed by atoms with Crippen LogP contribution in [0.5, 0.6) is 0 Å². The van der Waals surface area contributed by atoms with Crippen LogP contribution in [0, 0.1) is 0 Å². The summed E-state index contributed by atoms with van der Waals surface area (Å²) in [6.07, 6.45) is 0. The molecule has 4 aromatic rings. The molecule has 0 saturated carbocycles. The van der Waals surface area contributed by atoms with E-state index in [1.807, 2.05) is 0 Å². The number of ether oxygens (including phenoxy) is 1. The van der Waals surface area contributed by atoms with Gasteiger partial charge in [0.2, 0.25) is 5.89 Å². The number of carbonyl (C=O) groups excluding carboxylic acids is 3. The lowest BCUT2D eigenvalue weighted by Crippen LogP contribution is -2.29. The molecule has 9 heteroatoms. The predicted octanol–water partition coefficient (Wildman–Crippen LogP) is 3.78. The van der Waals surface area contributed by atoms with Crippen LogP contribution in [0.15, 0.2) is 65.1 Å². The minimum atomic E-state index is -1.09. The summed E-state index contributed by atoms with van der Waals surface area (Å²) in [5.74, 6) is -2.58. The average molecular weight is 442 g/mol. The number of fused-ring (bicyclic) bond motifs is 2. The molecule has 1 aliphatic heterocycles. The maximum Gasteiger partial charge on any atom is 0.337 e. The highest BCUT2D eigenvalue weighted by atomic mass is 16.5. The van der Waals surface area contributed by atoms with Gasteiger partial charge in [-0.05, 0) is 54.6 Å². The minimum absolute atomic E-state index is 0.0660. The van der Waals surface area contributed by atoms with Crippen LogP contribution in [0.25, 0.3) is 22.6 Å². The summed E-state index contributed by atoms with van der Waals surface area (Å²) in [6.45, 7) is 0. The van der Waals surface area contributed by atoms with E-state index in [1.165, 1.54) is 37.4 Å². The Morgan fingerprint density at radius 1 is 0.939 bits per heavy atom. The number of methoxy groups -OCH3 is 1. The van der Waals surface area contributed by atoms with Gasteiger partial charge < -0.3 is 14.3 Å². The van der Waals surface area contributed by atoms with Gasteiger partial charge in [-0.3, -0.25) is 9.59 Å². The molecule has 0 spiro atoms. The molecule has 0 bridgehead atoms. The fraction of sp³-hybridized carbons (Fsp3) is 0.0417. The molecule has 3 aromatic carbocycles. The molecule has 0 radical (unpaired) electrons. The summed E-state index contributed by atoms with van der Waals surface area (Å²) in [6, 6.07) is 15.0. The Morgan fingerprint density at radius 3 is 2.45 bits per heavy atom. The number of hydrogen-bond donors (Lipinski definition) is 1. The summed E-state index contributed by atoms with van der Waals surface area (Å²) < 4.78 is 10.4. The first kappa shape index (κ1) is 20.1. The third kappa shape index (κ3) is 3.23. The number of nitrogens with zero attached hydrogens (tertiary/aromatic N) is 2. The number of rotatable bonds is 4. The molecule has 9 nitrogen and oxygen atoms in total. The fourth-order valence-electron chi connectivity index (χ4n) is 3.68. The normalized spacial score (nSPS) is 12.8. The van der Waals surface area contributed by atoms with E-state index in [-0.39, 0.29) is 28.1 Å². The molecule has 5 rings (SSSR count). The van der Waals surface area contributed by atoms with Gasteiger partial charge in [-0.1, -0.05) is 6.07 Å². The number of aromatic nitrogens is 1. The Balaban J connectivity index is 1.52. The van der Waals surface area contributed by atoms with Gasteiger partial charge in [0.15, 0.2) is 5.58 Å². The zero-order valence-electron chi connectivity index (χ0n) is 17.1. The van der Waals surface area contributed by atoms with Crippen LogP contribution in [-0.2, 0) is 4.74 Å². The zero-order valence-corrected chi connectivity index (χ0v) is 17.1. The minimum Gasteiger partial charge on any atom is -0.478 e. The summed E-state index contributed by atoms with van der Waals surface area (Å²) >= 11 is 0. The lowest BCUT2D eigenvalue weighted by molar-refractivity contribution is 0.0599. The molecule has 162 valence electrons. The molecule has 1 N–H and O–H groups in total. The second kappa shape index (κ2) is 7.41. The number of carbonyl (C=O) groups is 4. The first-order chi connectivity index (χ1) is 15.9. The molecule has 1 aliphatic rings. The molecule has 0 aliphatic carbocycles. The maximum atomic E-state index is 13.0. The van der Waals surface area contributed by atoms with E-state index >= 15 is 0 Å². The van der Waals surface area contributed by atoms with Crippen LogP contribution in [0.1, 0.15) is 41.4 Å². The summed E-state index contributed by atoms with van der Waals surface area (Å²) in [5, 5.41) is 9.15. The molecule has 0 saturated heterocycles. The maximum absolute atomic E-state index is 13.0. The summed E-state index contributed by atoms with van der Waals surface area (Å²) in [4.78, 5) is 54.3. The summed E-state index contributed by atoms with van der Waals surface area (Å²) in [5.41, 5.74) is 2.08. The van der Waals surface area contributed by atoms with E-state index in [9.17, 15) is 19.2 Å². The largest absolute Gasteiger partial charge is 0.478 e. The molecule has 0 unspecified atom stereocenters. The van der Waals surface area contributed by atoms with Gasteiger partial charge in [-0.15, -0.1) is 0 Å². The van der Waals surface area contributed by atoms with Crippen molar-refractivity contribution in [3.05, 3.63) is 82.9 Å². The molecule has 0 atom stereocenters. The SMILES string of the molecule is COC(=O)c1ccc2c(c1)C(=O)N(c1cccc(-c3nc4ccc(C(=O)O)cc4o3)c1)C2=O. The number of carboxylic acids is 1. The van der Waals surface area contributed by atoms with Gasteiger partial charge in [0.25, 0.3) is 11.8 Å². The van der Waals surface area contributed by atoms with Gasteiger partial charge >= 0.3 is 11.9 Å². The lowest BCUT2D eigenvalue weighted by Gasteiger charge is -2.14. The smallest absolute Gasteiger partial charge is 0.337 e. The third-order valence-corrected chi connectivity index (χ3v) is 5.29. The molecule has 2 amide bonds.